The van der Waals surface area contributed by atoms with Crippen LogP contribution < -0.4 is 0 Å². The van der Waals surface area contributed by atoms with E-state index < -0.39 is 5.97 Å². The lowest BCUT2D eigenvalue weighted by atomic mass is 9.85. The molecule has 1 fully saturated rings. The molecule has 1 unspecified atom stereocenters. The monoisotopic (exact) mass is 241 g/mol. The molecule has 0 radical (unpaired) electrons. The highest BCUT2D eigenvalue weighted by atomic mass is 16.4. The minimum Gasteiger partial charge on any atom is -0.481 e. The maximum Gasteiger partial charge on any atom is 0.305 e. The topological polar surface area (TPSA) is 40.5 Å². The molecule has 3 nitrogen and oxygen atoms in total. The minimum atomic E-state index is -0.669. The quantitative estimate of drug-likeness (QED) is 0.804. The fraction of sp³-hybridized carbons (Fsp3) is 0.929. The molecule has 1 aliphatic rings. The van der Waals surface area contributed by atoms with Crippen molar-refractivity contribution >= 4 is 5.97 Å². The van der Waals surface area contributed by atoms with Crippen LogP contribution in [0, 0.1) is 5.92 Å². The Morgan fingerprint density at radius 2 is 1.76 bits per heavy atom. The van der Waals surface area contributed by atoms with E-state index >= 15 is 0 Å². The molecular formula is C14H27NO2. The number of rotatable bonds is 5. The lowest BCUT2D eigenvalue weighted by molar-refractivity contribution is -0.140. The van der Waals surface area contributed by atoms with Crippen LogP contribution in [0.1, 0.15) is 59.3 Å². The van der Waals surface area contributed by atoms with Gasteiger partial charge in [0.25, 0.3) is 0 Å². The van der Waals surface area contributed by atoms with Gasteiger partial charge in [-0.05, 0) is 45.2 Å². The van der Waals surface area contributed by atoms with Crippen molar-refractivity contribution in [2.75, 3.05) is 13.1 Å². The smallest absolute Gasteiger partial charge is 0.305 e. The van der Waals surface area contributed by atoms with E-state index in [1.54, 1.807) is 0 Å². The fourth-order valence-corrected chi connectivity index (χ4v) is 3.13. The summed E-state index contributed by atoms with van der Waals surface area (Å²) in [5.74, 6) is -0.125. The standard InChI is InChI=1S/C14H27NO2/c1-12(2)10-14(3,11-13(16)17)15-8-6-4-5-7-9-15/h12H,4-11H2,1-3H3,(H,16,17). The molecule has 0 spiro atoms. The van der Waals surface area contributed by atoms with Crippen molar-refractivity contribution in [3.05, 3.63) is 0 Å². The number of hydrogen-bond donors (Lipinski definition) is 1. The first-order valence-corrected chi connectivity index (χ1v) is 6.91. The van der Waals surface area contributed by atoms with Crippen molar-refractivity contribution in [2.24, 2.45) is 5.92 Å². The number of aliphatic carboxylic acids is 1. The van der Waals surface area contributed by atoms with Crippen LogP contribution >= 0.6 is 0 Å². The number of carboxylic acid groups (broad SMARTS) is 1. The molecule has 0 saturated carbocycles. The molecule has 0 amide bonds. The summed E-state index contributed by atoms with van der Waals surface area (Å²) in [6.07, 6.45) is 6.26. The number of carbonyl (C=O) groups is 1. The first-order chi connectivity index (χ1) is 7.94. The van der Waals surface area contributed by atoms with E-state index in [2.05, 4.69) is 25.7 Å². The summed E-state index contributed by atoms with van der Waals surface area (Å²) in [4.78, 5) is 13.5. The molecule has 0 bridgehead atoms. The first kappa shape index (κ1) is 14.5. The largest absolute Gasteiger partial charge is 0.481 e. The highest BCUT2D eigenvalue weighted by Gasteiger charge is 2.34. The van der Waals surface area contributed by atoms with Crippen molar-refractivity contribution in [1.82, 2.24) is 4.90 Å². The predicted octanol–water partition coefficient (Wildman–Crippen LogP) is 3.14. The average molecular weight is 241 g/mol. The van der Waals surface area contributed by atoms with Crippen molar-refractivity contribution in [1.29, 1.82) is 0 Å². The second kappa shape index (κ2) is 6.39. The Morgan fingerprint density at radius 3 is 2.18 bits per heavy atom. The molecule has 0 aromatic heterocycles. The van der Waals surface area contributed by atoms with Crippen molar-refractivity contribution in [3.8, 4) is 0 Å². The van der Waals surface area contributed by atoms with Gasteiger partial charge in [-0.1, -0.05) is 26.7 Å². The molecule has 1 saturated heterocycles. The van der Waals surface area contributed by atoms with E-state index in [4.69, 9.17) is 5.11 Å². The summed E-state index contributed by atoms with van der Waals surface area (Å²) in [5.41, 5.74) is -0.162. The molecule has 3 heteroatoms. The Kier molecular flexibility index (Phi) is 5.44. The van der Waals surface area contributed by atoms with E-state index in [0.29, 0.717) is 5.92 Å². The van der Waals surface area contributed by atoms with Gasteiger partial charge in [0.05, 0.1) is 6.42 Å². The molecule has 1 heterocycles. The second-order valence-electron chi connectivity index (χ2n) is 6.07. The van der Waals surface area contributed by atoms with Gasteiger partial charge in [0.1, 0.15) is 0 Å². The zero-order valence-electron chi connectivity index (χ0n) is 11.5. The summed E-state index contributed by atoms with van der Waals surface area (Å²) in [6.45, 7) is 8.62. The Balaban J connectivity index is 2.74. The summed E-state index contributed by atoms with van der Waals surface area (Å²) in [5, 5.41) is 9.14. The number of likely N-dealkylation sites (tertiary alicyclic amines) is 1. The molecule has 1 aliphatic heterocycles. The Bertz CT molecular complexity index is 245. The molecule has 17 heavy (non-hydrogen) atoms. The van der Waals surface area contributed by atoms with E-state index in [0.717, 1.165) is 19.5 Å². The van der Waals surface area contributed by atoms with Gasteiger partial charge in [0.2, 0.25) is 0 Å². The molecule has 1 N–H and O–H groups in total. The van der Waals surface area contributed by atoms with Gasteiger partial charge in [0.15, 0.2) is 0 Å². The Morgan fingerprint density at radius 1 is 1.24 bits per heavy atom. The molecule has 0 aromatic carbocycles. The van der Waals surface area contributed by atoms with Gasteiger partial charge < -0.3 is 5.11 Å². The Labute approximate surface area is 105 Å². The highest BCUT2D eigenvalue weighted by molar-refractivity contribution is 5.68. The van der Waals surface area contributed by atoms with Gasteiger partial charge in [-0.2, -0.15) is 0 Å². The summed E-state index contributed by atoms with van der Waals surface area (Å²) >= 11 is 0. The van der Waals surface area contributed by atoms with Gasteiger partial charge in [-0.3, -0.25) is 9.69 Å². The van der Waals surface area contributed by atoms with Gasteiger partial charge in [-0.25, -0.2) is 0 Å². The number of hydrogen-bond acceptors (Lipinski definition) is 2. The predicted molar refractivity (Wildman–Crippen MR) is 70.2 cm³/mol. The van der Waals surface area contributed by atoms with E-state index in [9.17, 15) is 4.79 Å². The third-order valence-corrected chi connectivity index (χ3v) is 3.75. The van der Waals surface area contributed by atoms with Gasteiger partial charge >= 0.3 is 5.97 Å². The zero-order chi connectivity index (χ0) is 12.9. The molecular weight excluding hydrogens is 214 g/mol. The first-order valence-electron chi connectivity index (χ1n) is 6.91. The molecule has 1 rings (SSSR count). The fourth-order valence-electron chi connectivity index (χ4n) is 3.13. The van der Waals surface area contributed by atoms with Crippen LogP contribution in [0.3, 0.4) is 0 Å². The third kappa shape index (κ3) is 4.66. The average Bonchev–Trinajstić information content (AvgIpc) is 2.42. The maximum atomic E-state index is 11.1. The summed E-state index contributed by atoms with van der Waals surface area (Å²) < 4.78 is 0. The van der Waals surface area contributed by atoms with E-state index in [-0.39, 0.29) is 12.0 Å². The number of carboxylic acids is 1. The summed E-state index contributed by atoms with van der Waals surface area (Å²) in [6, 6.07) is 0. The maximum absolute atomic E-state index is 11.1. The van der Waals surface area contributed by atoms with Gasteiger partial charge in [-0.15, -0.1) is 0 Å². The second-order valence-corrected chi connectivity index (χ2v) is 6.07. The highest BCUT2D eigenvalue weighted by Crippen LogP contribution is 2.30. The SMILES string of the molecule is CC(C)CC(C)(CC(=O)O)N1CCCCCC1. The van der Waals surface area contributed by atoms with Crippen LogP contribution in [0.25, 0.3) is 0 Å². The molecule has 1 atom stereocenters. The molecule has 0 aliphatic carbocycles. The third-order valence-electron chi connectivity index (χ3n) is 3.75. The lowest BCUT2D eigenvalue weighted by Crippen LogP contribution is -2.49. The summed E-state index contributed by atoms with van der Waals surface area (Å²) in [7, 11) is 0. The van der Waals surface area contributed by atoms with Crippen molar-refractivity contribution in [3.63, 3.8) is 0 Å². The minimum absolute atomic E-state index is 0.162. The number of nitrogens with zero attached hydrogens (tertiary/aromatic N) is 1. The zero-order valence-corrected chi connectivity index (χ0v) is 11.5. The van der Waals surface area contributed by atoms with Crippen molar-refractivity contribution in [2.45, 2.75) is 64.8 Å². The van der Waals surface area contributed by atoms with Crippen LogP contribution in [0.15, 0.2) is 0 Å². The molecule has 0 aromatic rings. The van der Waals surface area contributed by atoms with Crippen LogP contribution in [0.4, 0.5) is 0 Å². The lowest BCUT2D eigenvalue weighted by Gasteiger charge is -2.41. The van der Waals surface area contributed by atoms with Crippen LogP contribution in [-0.2, 0) is 4.79 Å². The van der Waals surface area contributed by atoms with Gasteiger partial charge in [0, 0.05) is 5.54 Å². The van der Waals surface area contributed by atoms with E-state index in [1.807, 2.05) is 0 Å². The van der Waals surface area contributed by atoms with Crippen LogP contribution in [0.5, 0.6) is 0 Å². The molecule has 100 valence electrons. The van der Waals surface area contributed by atoms with Crippen molar-refractivity contribution < 1.29 is 9.90 Å². The Hall–Kier alpha value is -0.570. The van der Waals surface area contributed by atoms with Crippen LogP contribution in [-0.4, -0.2) is 34.6 Å². The van der Waals surface area contributed by atoms with E-state index in [1.165, 1.54) is 25.7 Å². The van der Waals surface area contributed by atoms with Crippen LogP contribution in [0.2, 0.25) is 0 Å². The normalized spacial score (nSPS) is 22.1.